The van der Waals surface area contributed by atoms with Crippen molar-refractivity contribution in [3.8, 4) is 0 Å². The fraction of sp³-hybridized carbons (Fsp3) is 0.429. The molecule has 0 bridgehead atoms. The molecule has 1 aromatic heterocycles. The smallest absolute Gasteiger partial charge is 0.227 e. The van der Waals surface area contributed by atoms with Gasteiger partial charge in [-0.3, -0.25) is 14.7 Å². The van der Waals surface area contributed by atoms with Crippen LogP contribution in [0.4, 0.5) is 0 Å². The Bertz CT molecular complexity index is 698. The van der Waals surface area contributed by atoms with E-state index in [-0.39, 0.29) is 17.9 Å². The molecule has 3 rings (SSSR count). The summed E-state index contributed by atoms with van der Waals surface area (Å²) >= 11 is 0. The molecule has 0 aliphatic carbocycles. The Labute approximate surface area is 155 Å². The molecule has 2 N–H and O–H groups in total. The molecular weight excluding hydrogens is 324 g/mol. The van der Waals surface area contributed by atoms with E-state index in [2.05, 4.69) is 22.9 Å². The summed E-state index contributed by atoms with van der Waals surface area (Å²) in [7, 11) is 0. The predicted molar refractivity (Wildman–Crippen MR) is 103 cm³/mol. The largest absolute Gasteiger partial charge is 0.340 e. The van der Waals surface area contributed by atoms with Gasteiger partial charge in [-0.2, -0.15) is 0 Å². The van der Waals surface area contributed by atoms with Crippen molar-refractivity contribution < 1.29 is 4.79 Å². The van der Waals surface area contributed by atoms with E-state index in [0.29, 0.717) is 6.04 Å². The van der Waals surface area contributed by atoms with Gasteiger partial charge in [0.05, 0.1) is 5.92 Å². The Morgan fingerprint density at radius 3 is 2.27 bits per heavy atom. The Morgan fingerprint density at radius 1 is 1.00 bits per heavy atom. The summed E-state index contributed by atoms with van der Waals surface area (Å²) in [5, 5.41) is 0. The SMILES string of the molecule is CC(C(=O)N1CCN(C(C)c2cccnc2)CC1)C(N)c1ccccc1. The van der Waals surface area contributed by atoms with Crippen LogP contribution >= 0.6 is 0 Å². The van der Waals surface area contributed by atoms with Crippen LogP contribution in [0.5, 0.6) is 0 Å². The maximum absolute atomic E-state index is 12.9. The fourth-order valence-electron chi connectivity index (χ4n) is 3.57. The lowest BCUT2D eigenvalue weighted by atomic mass is 9.94. The minimum Gasteiger partial charge on any atom is -0.340 e. The van der Waals surface area contributed by atoms with Crippen LogP contribution in [0, 0.1) is 5.92 Å². The summed E-state index contributed by atoms with van der Waals surface area (Å²) in [4.78, 5) is 21.5. The Hall–Kier alpha value is -2.24. The first-order valence-electron chi connectivity index (χ1n) is 9.31. The first-order valence-corrected chi connectivity index (χ1v) is 9.31. The van der Waals surface area contributed by atoms with Crippen molar-refractivity contribution in [3.63, 3.8) is 0 Å². The molecule has 1 saturated heterocycles. The summed E-state index contributed by atoms with van der Waals surface area (Å²) in [6.45, 7) is 7.36. The Kier molecular flexibility index (Phi) is 6.01. The van der Waals surface area contributed by atoms with E-state index in [1.807, 2.05) is 54.4 Å². The summed E-state index contributed by atoms with van der Waals surface area (Å²) in [5.74, 6) is -0.0743. The second-order valence-corrected chi connectivity index (χ2v) is 7.05. The van der Waals surface area contributed by atoms with E-state index >= 15 is 0 Å². The minimum atomic E-state index is -0.268. The average Bonchev–Trinajstić information content (AvgIpc) is 2.73. The van der Waals surface area contributed by atoms with Gasteiger partial charge in [-0.05, 0) is 24.1 Å². The van der Waals surface area contributed by atoms with Gasteiger partial charge in [-0.15, -0.1) is 0 Å². The number of carbonyl (C=O) groups is 1. The van der Waals surface area contributed by atoms with Crippen molar-refractivity contribution in [2.45, 2.75) is 25.9 Å². The van der Waals surface area contributed by atoms with Gasteiger partial charge in [-0.1, -0.05) is 43.3 Å². The van der Waals surface area contributed by atoms with Crippen molar-refractivity contribution in [2.75, 3.05) is 26.2 Å². The normalized spacial score (nSPS) is 19.0. The van der Waals surface area contributed by atoms with Crippen LogP contribution in [-0.2, 0) is 4.79 Å². The standard InChI is InChI=1S/C21H28N4O/c1-16(20(22)18-7-4-3-5-8-18)21(26)25-13-11-24(12-14-25)17(2)19-9-6-10-23-15-19/h3-10,15-17,20H,11-14,22H2,1-2H3. The predicted octanol–water partition coefficient (Wildman–Crippen LogP) is 2.62. The lowest BCUT2D eigenvalue weighted by Gasteiger charge is -2.39. The van der Waals surface area contributed by atoms with Crippen LogP contribution in [0.3, 0.4) is 0 Å². The van der Waals surface area contributed by atoms with Crippen molar-refractivity contribution in [2.24, 2.45) is 11.7 Å². The zero-order valence-electron chi connectivity index (χ0n) is 15.6. The molecule has 1 aromatic carbocycles. The molecule has 0 spiro atoms. The van der Waals surface area contributed by atoms with E-state index in [4.69, 9.17) is 5.73 Å². The number of carbonyl (C=O) groups excluding carboxylic acids is 1. The van der Waals surface area contributed by atoms with Crippen molar-refractivity contribution in [1.29, 1.82) is 0 Å². The van der Waals surface area contributed by atoms with Crippen LogP contribution in [-0.4, -0.2) is 46.9 Å². The van der Waals surface area contributed by atoms with Crippen molar-refractivity contribution in [3.05, 3.63) is 66.0 Å². The monoisotopic (exact) mass is 352 g/mol. The second kappa shape index (κ2) is 8.43. The van der Waals surface area contributed by atoms with Gasteiger partial charge in [0, 0.05) is 50.7 Å². The fourth-order valence-corrected chi connectivity index (χ4v) is 3.57. The van der Waals surface area contributed by atoms with E-state index in [1.165, 1.54) is 5.56 Å². The van der Waals surface area contributed by atoms with Crippen LogP contribution in [0.2, 0.25) is 0 Å². The molecule has 5 nitrogen and oxygen atoms in total. The summed E-state index contributed by atoms with van der Waals surface area (Å²) in [6, 6.07) is 14.0. The van der Waals surface area contributed by atoms with E-state index in [1.54, 1.807) is 6.20 Å². The van der Waals surface area contributed by atoms with Crippen molar-refractivity contribution >= 4 is 5.91 Å². The lowest BCUT2D eigenvalue weighted by molar-refractivity contribution is -0.137. The number of benzene rings is 1. The summed E-state index contributed by atoms with van der Waals surface area (Å²) < 4.78 is 0. The molecule has 2 aromatic rings. The van der Waals surface area contributed by atoms with Gasteiger partial charge in [0.15, 0.2) is 0 Å². The maximum Gasteiger partial charge on any atom is 0.227 e. The van der Waals surface area contributed by atoms with Gasteiger partial charge in [0.2, 0.25) is 5.91 Å². The zero-order valence-corrected chi connectivity index (χ0v) is 15.6. The summed E-state index contributed by atoms with van der Waals surface area (Å²) in [6.07, 6.45) is 3.72. The minimum absolute atomic E-state index is 0.148. The molecule has 2 heterocycles. The van der Waals surface area contributed by atoms with E-state index in [9.17, 15) is 4.79 Å². The molecule has 3 atom stereocenters. The number of nitrogens with zero attached hydrogens (tertiary/aromatic N) is 3. The molecule has 1 amide bonds. The van der Waals surface area contributed by atoms with Gasteiger partial charge in [0.1, 0.15) is 0 Å². The Morgan fingerprint density at radius 2 is 1.65 bits per heavy atom. The summed E-state index contributed by atoms with van der Waals surface area (Å²) in [5.41, 5.74) is 8.56. The molecule has 26 heavy (non-hydrogen) atoms. The zero-order chi connectivity index (χ0) is 18.5. The van der Waals surface area contributed by atoms with Crippen LogP contribution < -0.4 is 5.73 Å². The molecular formula is C21H28N4O. The number of piperazine rings is 1. The van der Waals surface area contributed by atoms with Gasteiger partial charge >= 0.3 is 0 Å². The highest BCUT2D eigenvalue weighted by atomic mass is 16.2. The third-order valence-electron chi connectivity index (χ3n) is 5.45. The maximum atomic E-state index is 12.9. The quantitative estimate of drug-likeness (QED) is 0.898. The molecule has 5 heteroatoms. The Balaban J connectivity index is 1.56. The molecule has 1 fully saturated rings. The number of aromatic nitrogens is 1. The van der Waals surface area contributed by atoms with Crippen molar-refractivity contribution in [1.82, 2.24) is 14.8 Å². The number of hydrogen-bond donors (Lipinski definition) is 1. The highest BCUT2D eigenvalue weighted by Crippen LogP contribution is 2.24. The number of pyridine rings is 1. The topological polar surface area (TPSA) is 62.5 Å². The molecule has 1 aliphatic heterocycles. The van der Waals surface area contributed by atoms with Gasteiger partial charge in [0.25, 0.3) is 0 Å². The highest BCUT2D eigenvalue weighted by molar-refractivity contribution is 5.79. The lowest BCUT2D eigenvalue weighted by Crippen LogP contribution is -2.51. The molecule has 3 unspecified atom stereocenters. The van der Waals surface area contributed by atoms with Crippen LogP contribution in [0.25, 0.3) is 0 Å². The third-order valence-corrected chi connectivity index (χ3v) is 5.45. The molecule has 1 aliphatic rings. The second-order valence-electron chi connectivity index (χ2n) is 7.05. The number of hydrogen-bond acceptors (Lipinski definition) is 4. The first kappa shape index (κ1) is 18.5. The number of rotatable bonds is 5. The van der Waals surface area contributed by atoms with Crippen LogP contribution in [0.15, 0.2) is 54.9 Å². The van der Waals surface area contributed by atoms with Gasteiger partial charge in [-0.25, -0.2) is 0 Å². The molecule has 0 saturated carbocycles. The molecule has 0 radical (unpaired) electrons. The molecule has 138 valence electrons. The third kappa shape index (κ3) is 4.11. The van der Waals surface area contributed by atoms with Gasteiger partial charge < -0.3 is 10.6 Å². The van der Waals surface area contributed by atoms with E-state index in [0.717, 1.165) is 31.7 Å². The number of nitrogens with two attached hydrogens (primary N) is 1. The first-order chi connectivity index (χ1) is 12.6. The number of amides is 1. The highest BCUT2D eigenvalue weighted by Gasteiger charge is 2.30. The van der Waals surface area contributed by atoms with E-state index < -0.39 is 0 Å². The van der Waals surface area contributed by atoms with Crippen LogP contribution in [0.1, 0.15) is 37.1 Å². The average molecular weight is 352 g/mol.